The summed E-state index contributed by atoms with van der Waals surface area (Å²) in [6.45, 7) is 8.19. The van der Waals surface area contributed by atoms with Crippen molar-refractivity contribution in [3.8, 4) is 0 Å². The van der Waals surface area contributed by atoms with E-state index in [1.54, 1.807) is 28.8 Å². The van der Waals surface area contributed by atoms with Gasteiger partial charge in [-0.05, 0) is 26.8 Å². The van der Waals surface area contributed by atoms with Gasteiger partial charge in [-0.15, -0.1) is 0 Å². The van der Waals surface area contributed by atoms with E-state index in [-0.39, 0.29) is 11.7 Å². The molecule has 21 heavy (non-hydrogen) atoms. The number of hydrogen-bond acceptors (Lipinski definition) is 4. The largest absolute Gasteiger partial charge is 0.444 e. The van der Waals surface area contributed by atoms with Crippen LogP contribution in [-0.4, -0.2) is 47.3 Å². The maximum absolute atomic E-state index is 12.0. The average molecular weight is 293 g/mol. The van der Waals surface area contributed by atoms with Gasteiger partial charge in [0.1, 0.15) is 5.60 Å². The van der Waals surface area contributed by atoms with Crippen LogP contribution < -0.4 is 10.5 Å². The zero-order valence-electron chi connectivity index (χ0n) is 13.1. The minimum Gasteiger partial charge on any atom is -0.444 e. The summed E-state index contributed by atoms with van der Waals surface area (Å²) in [5, 5.41) is 0. The monoisotopic (exact) mass is 293 g/mol. The molecule has 2 heterocycles. The molecule has 0 unspecified atom stereocenters. The van der Waals surface area contributed by atoms with E-state index >= 15 is 0 Å². The lowest BCUT2D eigenvalue weighted by atomic mass is 10.2. The van der Waals surface area contributed by atoms with Gasteiger partial charge in [-0.1, -0.05) is 0 Å². The molecule has 1 fully saturated rings. The molecule has 1 aromatic heterocycles. The Bertz CT molecular complexity index is 566. The molecule has 0 bridgehead atoms. The minimum atomic E-state index is -0.472. The summed E-state index contributed by atoms with van der Waals surface area (Å²) >= 11 is 0. The van der Waals surface area contributed by atoms with Crippen LogP contribution >= 0.6 is 0 Å². The van der Waals surface area contributed by atoms with Gasteiger partial charge >= 0.3 is 6.09 Å². The quantitative estimate of drug-likeness (QED) is 0.786. The number of nitrogens with zero attached hydrogens (tertiary/aromatic N) is 3. The number of pyridine rings is 1. The molecule has 1 aromatic rings. The van der Waals surface area contributed by atoms with E-state index in [9.17, 15) is 9.59 Å². The minimum absolute atomic E-state index is 0.0259. The SMILES string of the molecule is Cn1ccc(N2CCN(C(=O)OC(C)(C)C)CC2)cc1=O. The Morgan fingerprint density at radius 3 is 2.33 bits per heavy atom. The van der Waals surface area contributed by atoms with E-state index in [1.165, 1.54) is 0 Å². The molecule has 1 aliphatic rings. The third kappa shape index (κ3) is 4.00. The molecule has 6 heteroatoms. The third-order valence-corrected chi connectivity index (χ3v) is 3.38. The van der Waals surface area contributed by atoms with Crippen molar-refractivity contribution in [2.75, 3.05) is 31.1 Å². The maximum atomic E-state index is 12.0. The molecule has 116 valence electrons. The van der Waals surface area contributed by atoms with Gasteiger partial charge in [-0.3, -0.25) is 4.79 Å². The highest BCUT2D eigenvalue weighted by atomic mass is 16.6. The first-order valence-electron chi connectivity index (χ1n) is 7.16. The predicted molar refractivity (Wildman–Crippen MR) is 81.7 cm³/mol. The van der Waals surface area contributed by atoms with E-state index in [2.05, 4.69) is 4.90 Å². The fraction of sp³-hybridized carbons (Fsp3) is 0.600. The summed E-state index contributed by atoms with van der Waals surface area (Å²) in [7, 11) is 1.73. The maximum Gasteiger partial charge on any atom is 0.410 e. The lowest BCUT2D eigenvalue weighted by Gasteiger charge is -2.36. The normalized spacial score (nSPS) is 16.0. The highest BCUT2D eigenvalue weighted by Gasteiger charge is 2.25. The predicted octanol–water partition coefficient (Wildman–Crippen LogP) is 1.44. The van der Waals surface area contributed by atoms with E-state index in [4.69, 9.17) is 4.74 Å². The second-order valence-electron chi connectivity index (χ2n) is 6.29. The zero-order chi connectivity index (χ0) is 15.6. The molecular formula is C15H23N3O3. The van der Waals surface area contributed by atoms with Crippen LogP contribution in [0.1, 0.15) is 20.8 Å². The first-order chi connectivity index (χ1) is 9.76. The van der Waals surface area contributed by atoms with Crippen LogP contribution in [0.25, 0.3) is 0 Å². The zero-order valence-corrected chi connectivity index (χ0v) is 13.1. The fourth-order valence-electron chi connectivity index (χ4n) is 2.21. The van der Waals surface area contributed by atoms with Crippen molar-refractivity contribution in [1.82, 2.24) is 9.47 Å². The summed E-state index contributed by atoms with van der Waals surface area (Å²) in [5.41, 5.74) is 0.406. The molecule has 0 radical (unpaired) electrons. The number of carbonyl (C=O) groups excluding carboxylic acids is 1. The molecule has 0 spiro atoms. The molecule has 6 nitrogen and oxygen atoms in total. The number of ether oxygens (including phenoxy) is 1. The number of carbonyl (C=O) groups is 1. The average Bonchev–Trinajstić information content (AvgIpc) is 2.40. The topological polar surface area (TPSA) is 54.8 Å². The van der Waals surface area contributed by atoms with Crippen LogP contribution in [0.5, 0.6) is 0 Å². The third-order valence-electron chi connectivity index (χ3n) is 3.38. The summed E-state index contributed by atoms with van der Waals surface area (Å²) in [6, 6.07) is 3.55. The van der Waals surface area contributed by atoms with Crippen molar-refractivity contribution < 1.29 is 9.53 Å². The summed E-state index contributed by atoms with van der Waals surface area (Å²) < 4.78 is 6.91. The van der Waals surface area contributed by atoms with Gasteiger partial charge in [0.2, 0.25) is 0 Å². The Morgan fingerprint density at radius 1 is 1.19 bits per heavy atom. The number of amides is 1. The van der Waals surface area contributed by atoms with E-state index in [0.29, 0.717) is 26.2 Å². The number of aromatic nitrogens is 1. The van der Waals surface area contributed by atoms with E-state index in [0.717, 1.165) is 5.69 Å². The molecular weight excluding hydrogens is 270 g/mol. The Morgan fingerprint density at radius 2 is 1.81 bits per heavy atom. The number of rotatable bonds is 1. The number of hydrogen-bond donors (Lipinski definition) is 0. The first kappa shape index (κ1) is 15.4. The Balaban J connectivity index is 1.95. The van der Waals surface area contributed by atoms with Crippen molar-refractivity contribution in [2.45, 2.75) is 26.4 Å². The summed E-state index contributed by atoms with van der Waals surface area (Å²) in [5.74, 6) is 0. The lowest BCUT2D eigenvalue weighted by molar-refractivity contribution is 0.0240. The van der Waals surface area contributed by atoms with Gasteiger partial charge in [0.25, 0.3) is 5.56 Å². The first-order valence-corrected chi connectivity index (χ1v) is 7.16. The highest BCUT2D eigenvalue weighted by Crippen LogP contribution is 2.16. The van der Waals surface area contributed by atoms with Crippen LogP contribution in [0, 0.1) is 0 Å². The van der Waals surface area contributed by atoms with Crippen molar-refractivity contribution in [1.29, 1.82) is 0 Å². The van der Waals surface area contributed by atoms with Gasteiger partial charge in [0.05, 0.1) is 0 Å². The molecule has 2 rings (SSSR count). The number of aryl methyl sites for hydroxylation is 1. The van der Waals surface area contributed by atoms with Gasteiger partial charge in [-0.2, -0.15) is 0 Å². The fourth-order valence-corrected chi connectivity index (χ4v) is 2.21. The standard InChI is InChI=1S/C15H23N3O3/c1-15(2,3)21-14(20)18-9-7-17(8-10-18)12-5-6-16(4)13(19)11-12/h5-6,11H,7-10H2,1-4H3. The summed E-state index contributed by atoms with van der Waals surface area (Å²) in [6.07, 6.45) is 1.49. The van der Waals surface area contributed by atoms with Gasteiger partial charge in [0, 0.05) is 51.2 Å². The van der Waals surface area contributed by atoms with E-state index < -0.39 is 5.60 Å². The second kappa shape index (κ2) is 5.79. The summed E-state index contributed by atoms with van der Waals surface area (Å²) in [4.78, 5) is 27.5. The molecule has 0 atom stereocenters. The van der Waals surface area contributed by atoms with Crippen molar-refractivity contribution >= 4 is 11.8 Å². The highest BCUT2D eigenvalue weighted by molar-refractivity contribution is 5.68. The molecule has 0 saturated carbocycles. The molecule has 1 aliphatic heterocycles. The van der Waals surface area contributed by atoms with Crippen LogP contribution in [0.4, 0.5) is 10.5 Å². The van der Waals surface area contributed by atoms with Crippen LogP contribution in [-0.2, 0) is 11.8 Å². The van der Waals surface area contributed by atoms with Crippen LogP contribution in [0.15, 0.2) is 23.1 Å². The molecule has 1 amide bonds. The molecule has 0 aliphatic carbocycles. The number of anilines is 1. The molecule has 0 aromatic carbocycles. The Kier molecular flexibility index (Phi) is 4.25. The Labute approximate surface area is 124 Å². The number of piperazine rings is 1. The smallest absolute Gasteiger partial charge is 0.410 e. The van der Waals surface area contributed by atoms with Gasteiger partial charge < -0.3 is 19.1 Å². The van der Waals surface area contributed by atoms with Crippen molar-refractivity contribution in [3.05, 3.63) is 28.7 Å². The van der Waals surface area contributed by atoms with Crippen molar-refractivity contribution in [3.63, 3.8) is 0 Å². The van der Waals surface area contributed by atoms with Gasteiger partial charge in [-0.25, -0.2) is 4.79 Å². The van der Waals surface area contributed by atoms with Gasteiger partial charge in [0.15, 0.2) is 0 Å². The van der Waals surface area contributed by atoms with E-state index in [1.807, 2.05) is 26.8 Å². The van der Waals surface area contributed by atoms with Crippen molar-refractivity contribution in [2.24, 2.45) is 7.05 Å². The van der Waals surface area contributed by atoms with Crippen LogP contribution in [0.3, 0.4) is 0 Å². The Hall–Kier alpha value is -1.98. The van der Waals surface area contributed by atoms with Crippen LogP contribution in [0.2, 0.25) is 0 Å². The second-order valence-corrected chi connectivity index (χ2v) is 6.29. The lowest BCUT2D eigenvalue weighted by Crippen LogP contribution is -2.50. The molecule has 0 N–H and O–H groups in total. The molecule has 1 saturated heterocycles.